The van der Waals surface area contributed by atoms with Crippen LogP contribution >= 0.6 is 11.3 Å². The lowest BCUT2D eigenvalue weighted by Gasteiger charge is -2.34. The zero-order valence-corrected chi connectivity index (χ0v) is 14.0. The van der Waals surface area contributed by atoms with Crippen LogP contribution in [0.25, 0.3) is 0 Å². The van der Waals surface area contributed by atoms with Crippen molar-refractivity contribution in [1.29, 1.82) is 5.26 Å². The average molecular weight is 291 g/mol. The third kappa shape index (κ3) is 3.05. The molecule has 0 spiro atoms. The van der Waals surface area contributed by atoms with Gasteiger partial charge in [0.25, 0.3) is 0 Å². The summed E-state index contributed by atoms with van der Waals surface area (Å²) in [4.78, 5) is 6.16. The topological polar surface area (TPSA) is 48.7 Å². The summed E-state index contributed by atoms with van der Waals surface area (Å²) in [6.45, 7) is 11.8. The summed E-state index contributed by atoms with van der Waals surface area (Å²) in [5.74, 6) is 0. The van der Waals surface area contributed by atoms with Gasteiger partial charge in [-0.25, -0.2) is 4.98 Å². The Labute approximate surface area is 126 Å². The van der Waals surface area contributed by atoms with Crippen LogP contribution in [0.2, 0.25) is 0 Å². The molecule has 0 saturated heterocycles. The van der Waals surface area contributed by atoms with E-state index in [1.807, 2.05) is 13.8 Å². The zero-order valence-electron chi connectivity index (χ0n) is 13.2. The summed E-state index contributed by atoms with van der Waals surface area (Å²) in [6.07, 6.45) is 3.31. The maximum Gasteiger partial charge on any atom is 0.113 e. The van der Waals surface area contributed by atoms with Crippen molar-refractivity contribution in [3.63, 3.8) is 0 Å². The SMILES string of the molecule is CCCNC1CC(C)(C)Cc2nc(C(C)(C)C#N)sc21. The Morgan fingerprint density at radius 3 is 2.80 bits per heavy atom. The van der Waals surface area contributed by atoms with Gasteiger partial charge >= 0.3 is 0 Å². The van der Waals surface area contributed by atoms with Gasteiger partial charge in [0, 0.05) is 10.9 Å². The molecule has 20 heavy (non-hydrogen) atoms. The van der Waals surface area contributed by atoms with Crippen molar-refractivity contribution >= 4 is 11.3 Å². The van der Waals surface area contributed by atoms with E-state index in [1.54, 1.807) is 11.3 Å². The van der Waals surface area contributed by atoms with Gasteiger partial charge in [0.15, 0.2) is 0 Å². The average Bonchev–Trinajstić information content (AvgIpc) is 2.78. The maximum atomic E-state index is 9.32. The van der Waals surface area contributed by atoms with Crippen molar-refractivity contribution in [3.05, 3.63) is 15.6 Å². The molecule has 0 amide bonds. The third-order valence-electron chi connectivity index (χ3n) is 3.90. The molecule has 1 aromatic rings. The van der Waals surface area contributed by atoms with E-state index in [1.165, 1.54) is 10.6 Å². The van der Waals surface area contributed by atoms with Gasteiger partial charge in [0.2, 0.25) is 0 Å². The lowest BCUT2D eigenvalue weighted by molar-refractivity contribution is 0.258. The van der Waals surface area contributed by atoms with E-state index in [0.29, 0.717) is 6.04 Å². The van der Waals surface area contributed by atoms with Gasteiger partial charge in [-0.05, 0) is 45.1 Å². The van der Waals surface area contributed by atoms with Gasteiger partial charge in [-0.1, -0.05) is 20.8 Å². The molecule has 0 fully saturated rings. The Morgan fingerprint density at radius 2 is 2.20 bits per heavy atom. The first kappa shape index (κ1) is 15.5. The first-order chi connectivity index (χ1) is 9.29. The normalized spacial score (nSPS) is 21.3. The number of thiazole rings is 1. The van der Waals surface area contributed by atoms with Gasteiger partial charge < -0.3 is 5.32 Å². The minimum atomic E-state index is -0.485. The number of aromatic nitrogens is 1. The molecular weight excluding hydrogens is 266 g/mol. The molecule has 0 aromatic carbocycles. The van der Waals surface area contributed by atoms with Crippen molar-refractivity contribution in [3.8, 4) is 6.07 Å². The molecule has 110 valence electrons. The molecule has 0 saturated carbocycles. The highest BCUT2D eigenvalue weighted by Gasteiger charge is 2.36. The molecule has 0 aliphatic heterocycles. The summed E-state index contributed by atoms with van der Waals surface area (Å²) in [5, 5.41) is 13.9. The molecule has 1 N–H and O–H groups in total. The maximum absolute atomic E-state index is 9.32. The van der Waals surface area contributed by atoms with Crippen LogP contribution < -0.4 is 5.32 Å². The monoisotopic (exact) mass is 291 g/mol. The number of hydrogen-bond acceptors (Lipinski definition) is 4. The van der Waals surface area contributed by atoms with Crippen molar-refractivity contribution in [2.75, 3.05) is 6.54 Å². The molecule has 4 heteroatoms. The number of nitrogens with one attached hydrogen (secondary N) is 1. The van der Waals surface area contributed by atoms with Crippen LogP contribution in [-0.2, 0) is 11.8 Å². The minimum Gasteiger partial charge on any atom is -0.309 e. The molecule has 3 nitrogen and oxygen atoms in total. The van der Waals surface area contributed by atoms with Gasteiger partial charge in [0.1, 0.15) is 10.4 Å². The Bertz CT molecular complexity index is 522. The molecular formula is C16H25N3S. The van der Waals surface area contributed by atoms with Crippen LogP contribution in [0.15, 0.2) is 0 Å². The third-order valence-corrected chi connectivity index (χ3v) is 5.44. The van der Waals surface area contributed by atoms with Crippen molar-refractivity contribution in [2.24, 2.45) is 5.41 Å². The largest absolute Gasteiger partial charge is 0.309 e. The van der Waals surface area contributed by atoms with Crippen LogP contribution in [0.4, 0.5) is 0 Å². The van der Waals surface area contributed by atoms with Crippen molar-refractivity contribution in [2.45, 2.75) is 65.3 Å². The highest BCUT2D eigenvalue weighted by molar-refractivity contribution is 7.12. The molecule has 1 atom stereocenters. The molecule has 2 rings (SSSR count). The number of rotatable bonds is 4. The highest BCUT2D eigenvalue weighted by atomic mass is 32.1. The Morgan fingerprint density at radius 1 is 1.50 bits per heavy atom. The van der Waals surface area contributed by atoms with Crippen molar-refractivity contribution < 1.29 is 0 Å². The van der Waals surface area contributed by atoms with E-state index in [4.69, 9.17) is 4.98 Å². The number of nitrogens with zero attached hydrogens (tertiary/aromatic N) is 2. The highest BCUT2D eigenvalue weighted by Crippen LogP contribution is 2.44. The van der Waals surface area contributed by atoms with E-state index >= 15 is 0 Å². The van der Waals surface area contributed by atoms with E-state index in [-0.39, 0.29) is 5.41 Å². The summed E-state index contributed by atoms with van der Waals surface area (Å²) >= 11 is 1.73. The standard InChI is InChI=1S/C16H25N3S/c1-6-7-18-11-8-15(2,3)9-12-13(11)20-14(19-12)16(4,5)10-17/h11,18H,6-9H2,1-5H3. The predicted octanol–water partition coefficient (Wildman–Crippen LogP) is 3.96. The Hall–Kier alpha value is -0.920. The fourth-order valence-corrected chi connectivity index (χ4v) is 3.94. The molecule has 0 bridgehead atoms. The van der Waals surface area contributed by atoms with Crippen LogP contribution in [0.5, 0.6) is 0 Å². The summed E-state index contributed by atoms with van der Waals surface area (Å²) in [7, 11) is 0. The fourth-order valence-electron chi connectivity index (χ4n) is 2.73. The van der Waals surface area contributed by atoms with E-state index < -0.39 is 5.41 Å². The number of hydrogen-bond donors (Lipinski definition) is 1. The summed E-state index contributed by atoms with van der Waals surface area (Å²) in [5.41, 5.74) is 1.00. The van der Waals surface area contributed by atoms with E-state index in [9.17, 15) is 5.26 Å². The molecule has 1 heterocycles. The van der Waals surface area contributed by atoms with Crippen LogP contribution in [-0.4, -0.2) is 11.5 Å². The van der Waals surface area contributed by atoms with E-state index in [2.05, 4.69) is 32.2 Å². The van der Waals surface area contributed by atoms with Gasteiger partial charge in [-0.15, -0.1) is 11.3 Å². The predicted molar refractivity (Wildman–Crippen MR) is 83.9 cm³/mol. The lowest BCUT2D eigenvalue weighted by atomic mass is 9.76. The second-order valence-electron chi connectivity index (χ2n) is 7.12. The first-order valence-electron chi connectivity index (χ1n) is 7.44. The molecule has 1 aromatic heterocycles. The first-order valence-corrected chi connectivity index (χ1v) is 8.25. The van der Waals surface area contributed by atoms with Crippen LogP contribution in [0.1, 0.15) is 69.1 Å². The second-order valence-corrected chi connectivity index (χ2v) is 8.15. The summed E-state index contributed by atoms with van der Waals surface area (Å²) in [6, 6.07) is 2.77. The fraction of sp³-hybridized carbons (Fsp3) is 0.750. The Kier molecular flexibility index (Phi) is 4.22. The van der Waals surface area contributed by atoms with Gasteiger partial charge in [-0.2, -0.15) is 5.26 Å². The van der Waals surface area contributed by atoms with Crippen LogP contribution in [0, 0.1) is 16.7 Å². The number of fused-ring (bicyclic) bond motifs is 1. The minimum absolute atomic E-state index is 0.278. The summed E-state index contributed by atoms with van der Waals surface area (Å²) < 4.78 is 0. The molecule has 1 unspecified atom stereocenters. The van der Waals surface area contributed by atoms with Gasteiger partial charge in [-0.3, -0.25) is 0 Å². The quantitative estimate of drug-likeness (QED) is 0.913. The van der Waals surface area contributed by atoms with Crippen molar-refractivity contribution in [1.82, 2.24) is 10.3 Å². The van der Waals surface area contributed by atoms with Crippen LogP contribution in [0.3, 0.4) is 0 Å². The second kappa shape index (κ2) is 5.46. The lowest BCUT2D eigenvalue weighted by Crippen LogP contribution is -2.33. The molecule has 1 aliphatic carbocycles. The molecule has 1 aliphatic rings. The Balaban J connectivity index is 2.37. The number of nitriles is 1. The zero-order chi connectivity index (χ0) is 15.0. The molecule has 0 radical (unpaired) electrons. The smallest absolute Gasteiger partial charge is 0.113 e. The van der Waals surface area contributed by atoms with Gasteiger partial charge in [0.05, 0.1) is 11.8 Å². The van der Waals surface area contributed by atoms with E-state index in [0.717, 1.165) is 30.8 Å².